The summed E-state index contributed by atoms with van der Waals surface area (Å²) >= 11 is 0. The van der Waals surface area contributed by atoms with Gasteiger partial charge in [0, 0.05) is 19.1 Å². The van der Waals surface area contributed by atoms with E-state index in [0.717, 1.165) is 38.5 Å². The van der Waals surface area contributed by atoms with Crippen molar-refractivity contribution in [2.24, 2.45) is 5.41 Å². The van der Waals surface area contributed by atoms with Crippen LogP contribution in [0.2, 0.25) is 0 Å². The lowest BCUT2D eigenvalue weighted by atomic mass is 9.65. The summed E-state index contributed by atoms with van der Waals surface area (Å²) in [4.78, 5) is 29.9. The molecule has 3 fully saturated rings. The number of likely N-dealkylation sites (tertiary alicyclic amines) is 2. The summed E-state index contributed by atoms with van der Waals surface area (Å²) in [7, 11) is 0. The third-order valence-electron chi connectivity index (χ3n) is 6.99. The van der Waals surface area contributed by atoms with E-state index in [1.165, 1.54) is 18.1 Å². The van der Waals surface area contributed by atoms with E-state index in [-0.39, 0.29) is 23.4 Å². The molecule has 28 heavy (non-hydrogen) atoms. The number of carbonyl (C=O) groups excluding carboxylic acids is 2. The summed E-state index contributed by atoms with van der Waals surface area (Å²) in [5, 5.41) is 0. The number of nitrogens with zero attached hydrogens (tertiary/aromatic N) is 2. The van der Waals surface area contributed by atoms with Crippen molar-refractivity contribution in [3.8, 4) is 0 Å². The van der Waals surface area contributed by atoms with Gasteiger partial charge in [-0.25, -0.2) is 0 Å². The van der Waals surface area contributed by atoms with E-state index in [0.29, 0.717) is 24.6 Å². The van der Waals surface area contributed by atoms with Crippen LogP contribution in [-0.2, 0) is 4.79 Å². The maximum absolute atomic E-state index is 13.3. The van der Waals surface area contributed by atoms with E-state index < -0.39 is 0 Å². The topological polar surface area (TPSA) is 53.8 Å². The van der Waals surface area contributed by atoms with Crippen LogP contribution in [0.3, 0.4) is 0 Å². The van der Waals surface area contributed by atoms with Crippen LogP contribution in [0.4, 0.5) is 0 Å². The number of carbonyl (C=O) groups is 2. The first-order valence-electron chi connectivity index (χ1n) is 10.4. The summed E-state index contributed by atoms with van der Waals surface area (Å²) in [6.45, 7) is 1.37. The molecule has 1 aromatic carbocycles. The molecular formula is C23H26N2O3. The monoisotopic (exact) mass is 378 g/mol. The van der Waals surface area contributed by atoms with Crippen LogP contribution in [0.15, 0.2) is 53.3 Å². The maximum atomic E-state index is 13.3. The summed E-state index contributed by atoms with van der Waals surface area (Å²) in [6.07, 6.45) is 9.05. The number of piperidine rings is 1. The van der Waals surface area contributed by atoms with E-state index in [4.69, 9.17) is 4.42 Å². The van der Waals surface area contributed by atoms with Crippen molar-refractivity contribution in [1.29, 1.82) is 0 Å². The Labute approximate surface area is 165 Å². The minimum Gasteiger partial charge on any atom is -0.472 e. The number of rotatable bonds is 3. The Balaban J connectivity index is 1.33. The average Bonchev–Trinajstić information content (AvgIpc) is 3.45. The van der Waals surface area contributed by atoms with E-state index in [1.807, 2.05) is 11.0 Å². The highest BCUT2D eigenvalue weighted by molar-refractivity contribution is 5.94. The number of furan rings is 1. The quantitative estimate of drug-likeness (QED) is 0.758. The van der Waals surface area contributed by atoms with Gasteiger partial charge in [0.15, 0.2) is 0 Å². The fourth-order valence-electron chi connectivity index (χ4n) is 5.59. The number of hydrogen-bond donors (Lipinski definition) is 0. The zero-order valence-electron chi connectivity index (χ0n) is 16.0. The van der Waals surface area contributed by atoms with Crippen LogP contribution in [-0.4, -0.2) is 40.7 Å². The molecule has 0 N–H and O–H groups in total. The molecule has 2 aliphatic heterocycles. The van der Waals surface area contributed by atoms with Gasteiger partial charge in [0.25, 0.3) is 5.91 Å². The van der Waals surface area contributed by atoms with Crippen molar-refractivity contribution < 1.29 is 14.0 Å². The smallest absolute Gasteiger partial charge is 0.257 e. The molecule has 2 saturated heterocycles. The van der Waals surface area contributed by atoms with Crippen LogP contribution in [0.25, 0.3) is 0 Å². The van der Waals surface area contributed by atoms with Crippen molar-refractivity contribution in [2.75, 3.05) is 13.1 Å². The molecule has 146 valence electrons. The second-order valence-electron chi connectivity index (χ2n) is 8.42. The van der Waals surface area contributed by atoms with Crippen molar-refractivity contribution in [3.63, 3.8) is 0 Å². The first-order chi connectivity index (χ1) is 13.7. The van der Waals surface area contributed by atoms with E-state index >= 15 is 0 Å². The molecule has 1 saturated carbocycles. The molecular weight excluding hydrogens is 352 g/mol. The largest absolute Gasteiger partial charge is 0.472 e. The summed E-state index contributed by atoms with van der Waals surface area (Å²) in [6, 6.07) is 12.7. The van der Waals surface area contributed by atoms with Crippen LogP contribution in [0.5, 0.6) is 0 Å². The Morgan fingerprint density at radius 2 is 1.75 bits per heavy atom. The summed E-state index contributed by atoms with van der Waals surface area (Å²) < 4.78 is 5.04. The molecule has 2 amide bonds. The van der Waals surface area contributed by atoms with Gasteiger partial charge in [-0.2, -0.15) is 0 Å². The minimum absolute atomic E-state index is 0.0222. The van der Waals surface area contributed by atoms with E-state index in [2.05, 4.69) is 29.2 Å². The highest BCUT2D eigenvalue weighted by Gasteiger charge is 2.63. The Kier molecular flexibility index (Phi) is 4.26. The van der Waals surface area contributed by atoms with Gasteiger partial charge in [-0.05, 0) is 37.3 Å². The van der Waals surface area contributed by atoms with E-state index in [1.54, 1.807) is 6.07 Å². The highest BCUT2D eigenvalue weighted by atomic mass is 16.3. The van der Waals surface area contributed by atoms with Crippen molar-refractivity contribution in [3.05, 3.63) is 60.1 Å². The molecule has 1 unspecified atom stereocenters. The second-order valence-corrected chi connectivity index (χ2v) is 8.42. The Hall–Kier alpha value is -2.56. The fraction of sp³-hybridized carbons (Fsp3) is 0.478. The van der Waals surface area contributed by atoms with Crippen LogP contribution < -0.4 is 0 Å². The SMILES string of the molecule is O=C(c1ccoc1)N1CCC(N2C(=O)C3(CCCC3)C2c2ccccc2)CC1. The predicted octanol–water partition coefficient (Wildman–Crippen LogP) is 4.03. The Morgan fingerprint density at radius 1 is 1.04 bits per heavy atom. The lowest BCUT2D eigenvalue weighted by Gasteiger charge is -2.59. The third-order valence-corrected chi connectivity index (χ3v) is 6.99. The summed E-state index contributed by atoms with van der Waals surface area (Å²) in [5.41, 5.74) is 1.69. The van der Waals surface area contributed by atoms with Gasteiger partial charge in [0.2, 0.25) is 5.91 Å². The molecule has 5 nitrogen and oxygen atoms in total. The van der Waals surface area contributed by atoms with Gasteiger partial charge in [0.1, 0.15) is 6.26 Å². The van der Waals surface area contributed by atoms with Gasteiger partial charge in [-0.1, -0.05) is 43.2 Å². The normalized spacial score (nSPS) is 24.6. The molecule has 1 aromatic heterocycles. The number of hydrogen-bond acceptors (Lipinski definition) is 3. The van der Waals surface area contributed by atoms with Gasteiger partial charge in [-0.3, -0.25) is 9.59 Å². The van der Waals surface area contributed by atoms with E-state index in [9.17, 15) is 9.59 Å². The standard InChI is InChI=1S/C23H26N2O3/c26-21(18-10-15-28-16-18)24-13-8-19(9-14-24)25-20(17-6-2-1-3-7-17)23(22(25)27)11-4-5-12-23/h1-3,6-7,10,15-16,19-20H,4-5,8-9,11-14H2. The Bertz CT molecular complexity index is 847. The molecule has 5 rings (SSSR count). The molecule has 2 aromatic rings. The zero-order chi connectivity index (χ0) is 19.1. The molecule has 1 spiro atoms. The van der Waals surface area contributed by atoms with Gasteiger partial charge in [0.05, 0.1) is 23.3 Å². The number of benzene rings is 1. The lowest BCUT2D eigenvalue weighted by Crippen LogP contribution is -2.66. The fourth-order valence-corrected chi connectivity index (χ4v) is 5.59. The van der Waals surface area contributed by atoms with Gasteiger partial charge < -0.3 is 14.2 Å². The summed E-state index contributed by atoms with van der Waals surface area (Å²) in [5.74, 6) is 0.368. The first kappa shape index (κ1) is 17.5. The molecule has 3 aliphatic rings. The van der Waals surface area contributed by atoms with Crippen molar-refractivity contribution in [2.45, 2.75) is 50.6 Å². The predicted molar refractivity (Wildman–Crippen MR) is 105 cm³/mol. The first-order valence-corrected chi connectivity index (χ1v) is 10.4. The number of β-lactam (4-membered cyclic amide) rings is 1. The maximum Gasteiger partial charge on any atom is 0.257 e. The van der Waals surface area contributed by atoms with Gasteiger partial charge in [-0.15, -0.1) is 0 Å². The highest BCUT2D eigenvalue weighted by Crippen LogP contribution is 2.60. The molecule has 0 radical (unpaired) electrons. The van der Waals surface area contributed by atoms with Crippen molar-refractivity contribution >= 4 is 11.8 Å². The molecule has 0 bridgehead atoms. The minimum atomic E-state index is -0.175. The molecule has 1 aliphatic carbocycles. The zero-order valence-corrected chi connectivity index (χ0v) is 16.0. The molecule has 5 heteroatoms. The van der Waals surface area contributed by atoms with Crippen LogP contribution in [0.1, 0.15) is 60.5 Å². The van der Waals surface area contributed by atoms with Crippen LogP contribution in [0, 0.1) is 5.41 Å². The lowest BCUT2D eigenvalue weighted by molar-refractivity contribution is -0.180. The Morgan fingerprint density at radius 3 is 2.39 bits per heavy atom. The average molecular weight is 378 g/mol. The molecule has 1 atom stereocenters. The van der Waals surface area contributed by atoms with Crippen LogP contribution >= 0.6 is 0 Å². The molecule has 3 heterocycles. The van der Waals surface area contributed by atoms with Crippen molar-refractivity contribution in [1.82, 2.24) is 9.80 Å². The number of amides is 2. The second kappa shape index (κ2) is 6.80. The van der Waals surface area contributed by atoms with Gasteiger partial charge >= 0.3 is 0 Å². The third kappa shape index (κ3) is 2.60.